The van der Waals surface area contributed by atoms with Gasteiger partial charge in [0.05, 0.1) is 5.69 Å². The van der Waals surface area contributed by atoms with Crippen LogP contribution in [-0.4, -0.2) is 9.38 Å². The van der Waals surface area contributed by atoms with Gasteiger partial charge in [0.25, 0.3) is 0 Å². The van der Waals surface area contributed by atoms with Gasteiger partial charge in [-0.1, -0.05) is 38.1 Å². The second-order valence-electron chi connectivity index (χ2n) is 5.81. The Morgan fingerprint density at radius 2 is 1.86 bits per heavy atom. The summed E-state index contributed by atoms with van der Waals surface area (Å²) < 4.78 is 2.05. The molecule has 0 aliphatic heterocycles. The topological polar surface area (TPSA) is 43.3 Å². The summed E-state index contributed by atoms with van der Waals surface area (Å²) in [5, 5.41) is 0. The van der Waals surface area contributed by atoms with Crippen LogP contribution in [0, 0.1) is 0 Å². The molecule has 0 fully saturated rings. The van der Waals surface area contributed by atoms with Gasteiger partial charge in [-0.2, -0.15) is 0 Å². The van der Waals surface area contributed by atoms with Crippen molar-refractivity contribution in [1.82, 2.24) is 9.38 Å². The molecule has 108 valence electrons. The van der Waals surface area contributed by atoms with Crippen LogP contribution in [0.3, 0.4) is 0 Å². The first kappa shape index (κ1) is 13.8. The Morgan fingerprint density at radius 1 is 1.10 bits per heavy atom. The zero-order valence-corrected chi connectivity index (χ0v) is 12.6. The van der Waals surface area contributed by atoms with Crippen molar-refractivity contribution < 1.29 is 0 Å². The van der Waals surface area contributed by atoms with Crippen LogP contribution in [0.5, 0.6) is 0 Å². The molecule has 1 aromatic carbocycles. The summed E-state index contributed by atoms with van der Waals surface area (Å²) in [6.07, 6.45) is 4.97. The third kappa shape index (κ3) is 2.98. The molecule has 0 aliphatic carbocycles. The lowest BCUT2D eigenvalue weighted by Crippen LogP contribution is -1.96. The average molecular weight is 279 g/mol. The molecule has 0 saturated heterocycles. The van der Waals surface area contributed by atoms with Gasteiger partial charge in [-0.05, 0) is 34.7 Å². The second kappa shape index (κ2) is 5.70. The van der Waals surface area contributed by atoms with Gasteiger partial charge in [0.1, 0.15) is 5.65 Å². The van der Waals surface area contributed by atoms with Crippen LogP contribution in [0.2, 0.25) is 0 Å². The molecule has 2 heterocycles. The molecule has 0 bridgehead atoms. The minimum absolute atomic E-state index is 0.551. The summed E-state index contributed by atoms with van der Waals surface area (Å²) in [4.78, 5) is 4.68. The third-order valence-corrected chi connectivity index (χ3v) is 3.84. The molecule has 0 radical (unpaired) electrons. The highest BCUT2D eigenvalue weighted by Crippen LogP contribution is 2.17. The molecule has 3 heteroatoms. The molecule has 0 amide bonds. The van der Waals surface area contributed by atoms with Crippen LogP contribution >= 0.6 is 0 Å². The van der Waals surface area contributed by atoms with Crippen molar-refractivity contribution in [2.24, 2.45) is 5.73 Å². The van der Waals surface area contributed by atoms with Crippen LogP contribution in [0.25, 0.3) is 5.65 Å². The van der Waals surface area contributed by atoms with E-state index in [0.29, 0.717) is 12.5 Å². The molecular weight excluding hydrogens is 258 g/mol. The molecule has 3 aromatic rings. The Kier molecular flexibility index (Phi) is 3.76. The molecular formula is C18H21N3. The zero-order chi connectivity index (χ0) is 14.8. The highest BCUT2D eigenvalue weighted by atomic mass is 15.0. The number of benzene rings is 1. The monoisotopic (exact) mass is 279 g/mol. The fraction of sp³-hybridized carbons (Fsp3) is 0.278. The van der Waals surface area contributed by atoms with E-state index in [4.69, 9.17) is 5.73 Å². The highest BCUT2D eigenvalue weighted by Gasteiger charge is 2.05. The Balaban J connectivity index is 1.84. The summed E-state index contributed by atoms with van der Waals surface area (Å²) in [5.41, 5.74) is 11.5. The molecule has 2 aromatic heterocycles. The number of hydrogen-bond acceptors (Lipinski definition) is 2. The van der Waals surface area contributed by atoms with E-state index in [1.807, 2.05) is 18.3 Å². The Bertz CT molecular complexity index is 739. The summed E-state index contributed by atoms with van der Waals surface area (Å²) in [7, 11) is 0. The van der Waals surface area contributed by atoms with E-state index >= 15 is 0 Å². The van der Waals surface area contributed by atoms with E-state index in [2.05, 4.69) is 53.7 Å². The maximum atomic E-state index is 5.67. The highest BCUT2D eigenvalue weighted by molar-refractivity contribution is 5.43. The number of nitrogens with two attached hydrogens (primary N) is 1. The van der Waals surface area contributed by atoms with Gasteiger partial charge in [-0.3, -0.25) is 0 Å². The number of fused-ring (bicyclic) bond motifs is 1. The van der Waals surface area contributed by atoms with E-state index in [-0.39, 0.29) is 0 Å². The smallest absolute Gasteiger partial charge is 0.137 e. The summed E-state index contributed by atoms with van der Waals surface area (Å²) in [6.45, 7) is 4.98. The molecule has 21 heavy (non-hydrogen) atoms. The predicted octanol–water partition coefficient (Wildman–Crippen LogP) is 3.51. The van der Waals surface area contributed by atoms with Crippen molar-refractivity contribution >= 4 is 5.65 Å². The number of pyridine rings is 1. The fourth-order valence-corrected chi connectivity index (χ4v) is 2.52. The normalized spacial score (nSPS) is 11.4. The van der Waals surface area contributed by atoms with Crippen molar-refractivity contribution in [2.45, 2.75) is 32.7 Å². The van der Waals surface area contributed by atoms with Crippen molar-refractivity contribution in [3.63, 3.8) is 0 Å². The second-order valence-corrected chi connectivity index (χ2v) is 5.81. The largest absolute Gasteiger partial charge is 0.326 e. The van der Waals surface area contributed by atoms with Gasteiger partial charge >= 0.3 is 0 Å². The maximum absolute atomic E-state index is 5.67. The standard InChI is InChI=1S/C18H21N3/c1-13(2)16-5-3-14(4-6-16)9-17-12-21-8-7-15(11-19)10-18(21)20-17/h3-8,10,12-13H,9,11,19H2,1-2H3. The lowest BCUT2D eigenvalue weighted by atomic mass is 10.0. The van der Waals surface area contributed by atoms with Crippen LogP contribution in [-0.2, 0) is 13.0 Å². The van der Waals surface area contributed by atoms with Crippen LogP contribution < -0.4 is 5.73 Å². The van der Waals surface area contributed by atoms with E-state index in [1.165, 1.54) is 11.1 Å². The van der Waals surface area contributed by atoms with Crippen molar-refractivity contribution in [2.75, 3.05) is 0 Å². The first-order chi connectivity index (χ1) is 10.2. The summed E-state index contributed by atoms with van der Waals surface area (Å²) in [6, 6.07) is 12.9. The van der Waals surface area contributed by atoms with Gasteiger partial charge in [-0.25, -0.2) is 4.98 Å². The lowest BCUT2D eigenvalue weighted by Gasteiger charge is -2.05. The van der Waals surface area contributed by atoms with Gasteiger partial charge < -0.3 is 10.1 Å². The summed E-state index contributed by atoms with van der Waals surface area (Å²) in [5.74, 6) is 0.573. The third-order valence-electron chi connectivity index (χ3n) is 3.84. The molecule has 2 N–H and O–H groups in total. The van der Waals surface area contributed by atoms with Crippen molar-refractivity contribution in [1.29, 1.82) is 0 Å². The minimum atomic E-state index is 0.551. The number of aromatic nitrogens is 2. The molecule has 0 atom stereocenters. The van der Waals surface area contributed by atoms with E-state index in [0.717, 1.165) is 23.3 Å². The molecule has 3 rings (SSSR count). The maximum Gasteiger partial charge on any atom is 0.137 e. The summed E-state index contributed by atoms with van der Waals surface area (Å²) >= 11 is 0. The Morgan fingerprint density at radius 3 is 2.52 bits per heavy atom. The molecule has 3 nitrogen and oxygen atoms in total. The SMILES string of the molecule is CC(C)c1ccc(Cc2cn3ccc(CN)cc3n2)cc1. The average Bonchev–Trinajstić information content (AvgIpc) is 2.88. The molecule has 0 spiro atoms. The van der Waals surface area contributed by atoms with Crippen molar-refractivity contribution in [3.8, 4) is 0 Å². The van der Waals surface area contributed by atoms with E-state index in [1.54, 1.807) is 0 Å². The van der Waals surface area contributed by atoms with Crippen LogP contribution in [0.15, 0.2) is 48.8 Å². The van der Waals surface area contributed by atoms with Crippen LogP contribution in [0.4, 0.5) is 0 Å². The Hall–Kier alpha value is -2.13. The van der Waals surface area contributed by atoms with Gasteiger partial charge in [-0.15, -0.1) is 0 Å². The van der Waals surface area contributed by atoms with Gasteiger partial charge in [0, 0.05) is 25.4 Å². The molecule has 0 unspecified atom stereocenters. The zero-order valence-electron chi connectivity index (χ0n) is 12.6. The number of imidazole rings is 1. The number of hydrogen-bond donors (Lipinski definition) is 1. The minimum Gasteiger partial charge on any atom is -0.326 e. The first-order valence-corrected chi connectivity index (χ1v) is 7.41. The van der Waals surface area contributed by atoms with Gasteiger partial charge in [0.15, 0.2) is 0 Å². The van der Waals surface area contributed by atoms with Crippen LogP contribution in [0.1, 0.15) is 42.1 Å². The van der Waals surface area contributed by atoms with Crippen molar-refractivity contribution in [3.05, 3.63) is 71.2 Å². The lowest BCUT2D eigenvalue weighted by molar-refractivity contribution is 0.865. The van der Waals surface area contributed by atoms with Gasteiger partial charge in [0.2, 0.25) is 0 Å². The Labute approximate surface area is 125 Å². The quantitative estimate of drug-likeness (QED) is 0.794. The predicted molar refractivity (Wildman–Crippen MR) is 86.4 cm³/mol. The van der Waals surface area contributed by atoms with E-state index < -0.39 is 0 Å². The first-order valence-electron chi connectivity index (χ1n) is 7.41. The van der Waals surface area contributed by atoms with E-state index in [9.17, 15) is 0 Å². The fourth-order valence-electron chi connectivity index (χ4n) is 2.52. The number of nitrogens with zero attached hydrogens (tertiary/aromatic N) is 2. The molecule has 0 saturated carbocycles. The number of rotatable bonds is 4. The molecule has 0 aliphatic rings.